The van der Waals surface area contributed by atoms with Gasteiger partial charge in [0.2, 0.25) is 0 Å². The standard InChI is InChI=1S/C8H17O.CNO.Sn/c1-5-7(6-2)8(3,4)9;2-1-3;/h7H,5-6H2,1-4H3;;/q2*-1;+2. The van der Waals surface area contributed by atoms with Gasteiger partial charge in [-0.1, -0.05) is 0 Å². The zero-order valence-electron chi connectivity index (χ0n) is 8.76. The van der Waals surface area contributed by atoms with Crippen LogP contribution in [0.15, 0.2) is 3.21 Å². The molecule has 0 spiro atoms. The SMILES string of the molecule is CCC(CC)C(C)(C)[O][Sn][N]=C=O. The Bertz CT molecular complexity index is 184. The van der Waals surface area contributed by atoms with Crippen molar-refractivity contribution < 1.29 is 7.87 Å². The summed E-state index contributed by atoms with van der Waals surface area (Å²) in [6.45, 7) is 8.47. The fourth-order valence-electron chi connectivity index (χ4n) is 1.51. The van der Waals surface area contributed by atoms with E-state index >= 15 is 0 Å². The molecule has 13 heavy (non-hydrogen) atoms. The monoisotopic (exact) mass is 291 g/mol. The van der Waals surface area contributed by atoms with Gasteiger partial charge in [0.05, 0.1) is 0 Å². The number of hydrogen-bond donors (Lipinski definition) is 0. The number of carbonyl (C=O) groups excluding carboxylic acids is 1. The molecule has 2 radical (unpaired) electrons. The van der Waals surface area contributed by atoms with E-state index in [1.807, 2.05) is 0 Å². The predicted octanol–water partition coefficient (Wildman–Crippen LogP) is 2.09. The van der Waals surface area contributed by atoms with E-state index in [4.69, 9.17) is 3.07 Å². The summed E-state index contributed by atoms with van der Waals surface area (Å²) < 4.78 is 9.20. The Hall–Kier alpha value is 0.139. The Morgan fingerprint density at radius 3 is 2.38 bits per heavy atom. The van der Waals surface area contributed by atoms with Gasteiger partial charge in [-0.3, -0.25) is 0 Å². The fourth-order valence-corrected chi connectivity index (χ4v) is 2.90. The van der Waals surface area contributed by atoms with Crippen molar-refractivity contribution in [3.05, 3.63) is 0 Å². The van der Waals surface area contributed by atoms with Crippen LogP contribution in [0.2, 0.25) is 0 Å². The molecule has 0 aromatic heterocycles. The first kappa shape index (κ1) is 13.1. The second-order valence-electron chi connectivity index (χ2n) is 3.51. The van der Waals surface area contributed by atoms with E-state index in [2.05, 4.69) is 30.9 Å². The van der Waals surface area contributed by atoms with Crippen molar-refractivity contribution in [1.29, 1.82) is 0 Å². The summed E-state index contributed by atoms with van der Waals surface area (Å²) in [5.74, 6) is 0.551. The molecular weight excluding hydrogens is 273 g/mol. The maximum atomic E-state index is 9.87. The molecule has 0 fully saturated rings. The van der Waals surface area contributed by atoms with Gasteiger partial charge in [-0.25, -0.2) is 0 Å². The summed E-state index contributed by atoms with van der Waals surface area (Å²) in [5.41, 5.74) is -0.129. The van der Waals surface area contributed by atoms with Crippen molar-refractivity contribution in [3.8, 4) is 0 Å². The molecule has 3 nitrogen and oxygen atoms in total. The molecule has 0 saturated carbocycles. The predicted molar refractivity (Wildman–Crippen MR) is 53.1 cm³/mol. The molecule has 0 unspecified atom stereocenters. The maximum absolute atomic E-state index is 9.87. The van der Waals surface area contributed by atoms with E-state index in [-0.39, 0.29) is 5.60 Å². The first-order valence-electron chi connectivity index (χ1n) is 4.58. The molecule has 0 atom stereocenters. The van der Waals surface area contributed by atoms with Crippen molar-refractivity contribution in [2.75, 3.05) is 0 Å². The van der Waals surface area contributed by atoms with Crippen LogP contribution in [0, 0.1) is 5.92 Å². The van der Waals surface area contributed by atoms with Crippen LogP contribution in [0.25, 0.3) is 0 Å². The van der Waals surface area contributed by atoms with Crippen LogP contribution in [0.5, 0.6) is 0 Å². The zero-order valence-corrected chi connectivity index (χ0v) is 11.6. The zero-order chi connectivity index (χ0) is 10.3. The topological polar surface area (TPSA) is 38.7 Å². The minimum absolute atomic E-state index is 0.129. The Labute approximate surface area is 91.1 Å². The minimum atomic E-state index is -1.32. The van der Waals surface area contributed by atoms with Gasteiger partial charge in [-0.15, -0.1) is 0 Å². The summed E-state index contributed by atoms with van der Waals surface area (Å²) in [4.78, 5) is 9.87. The van der Waals surface area contributed by atoms with Crippen LogP contribution < -0.4 is 0 Å². The summed E-state index contributed by atoms with van der Waals surface area (Å²) in [5, 5.41) is 0. The van der Waals surface area contributed by atoms with Crippen LogP contribution in [-0.2, 0) is 7.87 Å². The van der Waals surface area contributed by atoms with Crippen molar-refractivity contribution in [2.24, 2.45) is 9.13 Å². The summed E-state index contributed by atoms with van der Waals surface area (Å²) in [6, 6.07) is 0. The van der Waals surface area contributed by atoms with Gasteiger partial charge < -0.3 is 0 Å². The molecule has 4 heteroatoms. The van der Waals surface area contributed by atoms with Crippen LogP contribution in [-0.4, -0.2) is 33.5 Å². The van der Waals surface area contributed by atoms with E-state index < -0.39 is 21.8 Å². The van der Waals surface area contributed by atoms with Gasteiger partial charge in [0.1, 0.15) is 0 Å². The van der Waals surface area contributed by atoms with Crippen LogP contribution in [0.3, 0.4) is 0 Å². The molecular formula is C9H17NO2Sn. The van der Waals surface area contributed by atoms with E-state index in [0.29, 0.717) is 5.92 Å². The van der Waals surface area contributed by atoms with Crippen molar-refractivity contribution >= 4 is 27.9 Å². The van der Waals surface area contributed by atoms with Crippen molar-refractivity contribution in [3.63, 3.8) is 0 Å². The third-order valence-electron chi connectivity index (χ3n) is 2.37. The molecule has 0 aromatic rings. The third-order valence-corrected chi connectivity index (χ3v) is 4.65. The number of nitrogens with zero attached hydrogens (tertiary/aromatic N) is 1. The fraction of sp³-hybridized carbons (Fsp3) is 0.889. The van der Waals surface area contributed by atoms with Crippen molar-refractivity contribution in [2.45, 2.75) is 46.1 Å². The molecule has 0 rings (SSSR count). The number of rotatable bonds is 6. The molecule has 0 saturated heterocycles. The molecule has 0 aliphatic carbocycles. The van der Waals surface area contributed by atoms with Crippen LogP contribution in [0.1, 0.15) is 40.5 Å². The molecule has 0 N–H and O–H groups in total. The molecule has 0 heterocycles. The van der Waals surface area contributed by atoms with Gasteiger partial charge in [0.15, 0.2) is 0 Å². The summed E-state index contributed by atoms with van der Waals surface area (Å²) in [7, 11) is 0. The average Bonchev–Trinajstić information content (AvgIpc) is 2.06. The average molecular weight is 290 g/mol. The van der Waals surface area contributed by atoms with Crippen LogP contribution in [0.4, 0.5) is 0 Å². The first-order chi connectivity index (χ1) is 6.08. The molecule has 0 amide bonds. The van der Waals surface area contributed by atoms with Gasteiger partial charge in [0, 0.05) is 0 Å². The first-order valence-corrected chi connectivity index (χ1v) is 7.02. The summed E-state index contributed by atoms with van der Waals surface area (Å²) >= 11 is -1.32. The van der Waals surface area contributed by atoms with E-state index in [1.165, 1.54) is 0 Å². The van der Waals surface area contributed by atoms with Gasteiger partial charge >= 0.3 is 91.0 Å². The van der Waals surface area contributed by atoms with Crippen molar-refractivity contribution in [1.82, 2.24) is 0 Å². The molecule has 0 bridgehead atoms. The van der Waals surface area contributed by atoms with Crippen LogP contribution >= 0.6 is 0 Å². The van der Waals surface area contributed by atoms with E-state index in [9.17, 15) is 4.79 Å². The second kappa shape index (κ2) is 6.57. The molecule has 0 aliphatic heterocycles. The van der Waals surface area contributed by atoms with Gasteiger partial charge in [-0.05, 0) is 0 Å². The number of isocyanates is 1. The number of hydrogen-bond acceptors (Lipinski definition) is 3. The van der Waals surface area contributed by atoms with E-state index in [1.54, 1.807) is 6.08 Å². The molecule has 74 valence electrons. The molecule has 0 aromatic carbocycles. The summed E-state index contributed by atoms with van der Waals surface area (Å²) in [6.07, 6.45) is 3.75. The Morgan fingerprint density at radius 1 is 1.46 bits per heavy atom. The second-order valence-corrected chi connectivity index (χ2v) is 5.26. The normalized spacial score (nSPS) is 11.5. The quantitative estimate of drug-likeness (QED) is 0.427. The van der Waals surface area contributed by atoms with Gasteiger partial charge in [0.25, 0.3) is 0 Å². The third kappa shape index (κ3) is 4.79. The molecule has 0 aliphatic rings. The Kier molecular flexibility index (Phi) is 6.64. The Balaban J connectivity index is 4.10. The van der Waals surface area contributed by atoms with Gasteiger partial charge in [-0.2, -0.15) is 0 Å². The van der Waals surface area contributed by atoms with E-state index in [0.717, 1.165) is 12.8 Å². The Morgan fingerprint density at radius 2 is 2.00 bits per heavy atom.